The van der Waals surface area contributed by atoms with Crippen LogP contribution in [0.2, 0.25) is 0 Å². The van der Waals surface area contributed by atoms with Gasteiger partial charge in [0.2, 0.25) is 11.8 Å². The van der Waals surface area contributed by atoms with Crippen LogP contribution in [0.25, 0.3) is 10.8 Å². The molecule has 2 amide bonds. The maximum absolute atomic E-state index is 12.4. The smallest absolute Gasteiger partial charge is 0.240 e. The minimum Gasteiger partial charge on any atom is -0.376 e. The van der Waals surface area contributed by atoms with E-state index in [-0.39, 0.29) is 24.3 Å². The van der Waals surface area contributed by atoms with Gasteiger partial charge in [-0.25, -0.2) is 0 Å². The van der Waals surface area contributed by atoms with Gasteiger partial charge in [-0.05, 0) is 35.7 Å². The standard InChI is InChI=1S/C20H21N3O3S/c24-18(22-15-8-7-13-4-1-2-5-14(13)10-15)11-17-19(25)23-20(27-17)21-12-16-6-3-9-26-16/h1-2,4-5,7-8,10,16-17H,3,6,9,11-12H2,(H,22,24)(H,21,23,25). The second-order valence-electron chi connectivity index (χ2n) is 6.69. The fraction of sp³-hybridized carbons (Fsp3) is 0.350. The number of carbonyl (C=O) groups excluding carboxylic acids is 2. The van der Waals surface area contributed by atoms with Crippen LogP contribution in [0.3, 0.4) is 0 Å². The topological polar surface area (TPSA) is 79.8 Å². The number of nitrogens with zero attached hydrogens (tertiary/aromatic N) is 1. The highest BCUT2D eigenvalue weighted by Crippen LogP contribution is 2.24. The summed E-state index contributed by atoms with van der Waals surface area (Å²) >= 11 is 1.32. The van der Waals surface area contributed by atoms with Crippen LogP contribution in [0.4, 0.5) is 5.69 Å². The van der Waals surface area contributed by atoms with Gasteiger partial charge < -0.3 is 15.4 Å². The van der Waals surface area contributed by atoms with Crippen molar-refractivity contribution in [2.75, 3.05) is 18.5 Å². The maximum atomic E-state index is 12.4. The fourth-order valence-corrected chi connectivity index (χ4v) is 4.21. The number of thioether (sulfide) groups is 1. The van der Waals surface area contributed by atoms with Gasteiger partial charge in [-0.2, -0.15) is 0 Å². The number of ether oxygens (including phenoxy) is 1. The lowest BCUT2D eigenvalue weighted by Crippen LogP contribution is -2.28. The van der Waals surface area contributed by atoms with Gasteiger partial charge in [0.25, 0.3) is 0 Å². The first kappa shape index (κ1) is 18.0. The summed E-state index contributed by atoms with van der Waals surface area (Å²) in [5, 5.41) is 7.95. The Hall–Kier alpha value is -2.38. The minimum atomic E-state index is -0.450. The van der Waals surface area contributed by atoms with Gasteiger partial charge in [0, 0.05) is 18.7 Å². The van der Waals surface area contributed by atoms with Gasteiger partial charge in [0.15, 0.2) is 5.17 Å². The average Bonchev–Trinajstić information content (AvgIpc) is 3.30. The van der Waals surface area contributed by atoms with Gasteiger partial charge in [-0.3, -0.25) is 14.6 Å². The second kappa shape index (κ2) is 8.10. The molecule has 27 heavy (non-hydrogen) atoms. The first-order valence-corrected chi connectivity index (χ1v) is 9.97. The van der Waals surface area contributed by atoms with Crippen molar-refractivity contribution in [2.24, 2.45) is 4.99 Å². The van der Waals surface area contributed by atoms with Crippen molar-refractivity contribution < 1.29 is 14.3 Å². The Bertz CT molecular complexity index is 893. The molecule has 2 aromatic carbocycles. The largest absolute Gasteiger partial charge is 0.376 e. The Kier molecular flexibility index (Phi) is 5.40. The number of rotatable bonds is 5. The second-order valence-corrected chi connectivity index (χ2v) is 7.88. The van der Waals surface area contributed by atoms with E-state index in [2.05, 4.69) is 15.6 Å². The monoisotopic (exact) mass is 383 g/mol. The van der Waals surface area contributed by atoms with Crippen LogP contribution < -0.4 is 10.6 Å². The first-order chi connectivity index (χ1) is 13.2. The minimum absolute atomic E-state index is 0.113. The molecule has 2 aromatic rings. The number of nitrogens with one attached hydrogen (secondary N) is 2. The summed E-state index contributed by atoms with van der Waals surface area (Å²) in [7, 11) is 0. The van der Waals surface area contributed by atoms with E-state index in [1.54, 1.807) is 0 Å². The molecule has 0 aromatic heterocycles. The molecule has 6 nitrogen and oxygen atoms in total. The van der Waals surface area contributed by atoms with Gasteiger partial charge in [-0.15, -0.1) is 0 Å². The highest BCUT2D eigenvalue weighted by atomic mass is 32.2. The zero-order chi connectivity index (χ0) is 18.6. The normalized spacial score (nSPS) is 23.7. The number of hydrogen-bond donors (Lipinski definition) is 2. The zero-order valence-electron chi connectivity index (χ0n) is 14.8. The van der Waals surface area contributed by atoms with Gasteiger partial charge in [0.05, 0.1) is 12.6 Å². The molecule has 0 spiro atoms. The van der Waals surface area contributed by atoms with Crippen molar-refractivity contribution >= 4 is 45.2 Å². The lowest BCUT2D eigenvalue weighted by molar-refractivity contribution is -0.122. The molecule has 0 radical (unpaired) electrons. The van der Waals surface area contributed by atoms with Crippen LogP contribution in [-0.4, -0.2) is 41.5 Å². The van der Waals surface area contributed by atoms with Gasteiger partial charge in [-0.1, -0.05) is 42.1 Å². The molecule has 0 aliphatic carbocycles. The van der Waals surface area contributed by atoms with Crippen molar-refractivity contribution in [1.82, 2.24) is 5.32 Å². The summed E-state index contributed by atoms with van der Waals surface area (Å²) in [6.45, 7) is 1.34. The van der Waals surface area contributed by atoms with Crippen molar-refractivity contribution in [3.63, 3.8) is 0 Å². The van der Waals surface area contributed by atoms with Crippen LogP contribution in [-0.2, 0) is 14.3 Å². The highest BCUT2D eigenvalue weighted by Gasteiger charge is 2.32. The molecule has 140 valence electrons. The summed E-state index contributed by atoms with van der Waals surface area (Å²) in [6, 6.07) is 13.7. The number of aliphatic imine (C=N–C) groups is 1. The molecule has 2 N–H and O–H groups in total. The lowest BCUT2D eigenvalue weighted by atomic mass is 10.1. The third kappa shape index (κ3) is 4.48. The van der Waals surface area contributed by atoms with E-state index >= 15 is 0 Å². The first-order valence-electron chi connectivity index (χ1n) is 9.09. The van der Waals surface area contributed by atoms with Crippen molar-refractivity contribution in [1.29, 1.82) is 0 Å². The molecule has 2 unspecified atom stereocenters. The summed E-state index contributed by atoms with van der Waals surface area (Å²) in [6.07, 6.45) is 2.33. The number of amidine groups is 1. The van der Waals surface area contributed by atoms with E-state index in [0.717, 1.165) is 35.9 Å². The van der Waals surface area contributed by atoms with E-state index in [4.69, 9.17) is 4.74 Å². The number of fused-ring (bicyclic) bond motifs is 1. The summed E-state index contributed by atoms with van der Waals surface area (Å²) < 4.78 is 5.53. The molecule has 0 saturated carbocycles. The third-order valence-electron chi connectivity index (χ3n) is 4.64. The van der Waals surface area contributed by atoms with E-state index in [1.165, 1.54) is 11.8 Å². The van der Waals surface area contributed by atoms with E-state index in [1.807, 2.05) is 42.5 Å². The Labute approximate surface area is 161 Å². The van der Waals surface area contributed by atoms with Crippen molar-refractivity contribution in [2.45, 2.75) is 30.6 Å². The SMILES string of the molecule is O=C(CC1SC(=NCC2CCCO2)NC1=O)Nc1ccc2ccccc2c1. The Balaban J connectivity index is 1.33. The molecule has 2 fully saturated rings. The van der Waals surface area contributed by atoms with E-state index < -0.39 is 5.25 Å². The lowest BCUT2D eigenvalue weighted by Gasteiger charge is -2.08. The molecular formula is C20H21N3O3S. The summed E-state index contributed by atoms with van der Waals surface area (Å²) in [5.41, 5.74) is 0.731. The molecular weight excluding hydrogens is 362 g/mol. The maximum Gasteiger partial charge on any atom is 0.240 e. The number of benzene rings is 2. The average molecular weight is 383 g/mol. The van der Waals surface area contributed by atoms with Crippen LogP contribution >= 0.6 is 11.8 Å². The molecule has 2 heterocycles. The molecule has 2 aliphatic heterocycles. The quantitative estimate of drug-likeness (QED) is 0.832. The van der Waals surface area contributed by atoms with Gasteiger partial charge >= 0.3 is 0 Å². The summed E-state index contributed by atoms with van der Waals surface area (Å²) in [4.78, 5) is 28.9. The number of anilines is 1. The van der Waals surface area contributed by atoms with Crippen molar-refractivity contribution in [3.8, 4) is 0 Å². The third-order valence-corrected chi connectivity index (χ3v) is 5.76. The number of hydrogen-bond acceptors (Lipinski definition) is 5. The van der Waals surface area contributed by atoms with Crippen LogP contribution in [0.1, 0.15) is 19.3 Å². The molecule has 0 bridgehead atoms. The predicted octanol–water partition coefficient (Wildman–Crippen LogP) is 2.94. The fourth-order valence-electron chi connectivity index (χ4n) is 3.24. The molecule has 4 rings (SSSR count). The summed E-state index contributed by atoms with van der Waals surface area (Å²) in [5.74, 6) is -0.349. The Morgan fingerprint density at radius 3 is 2.93 bits per heavy atom. The Morgan fingerprint density at radius 2 is 2.11 bits per heavy atom. The van der Waals surface area contributed by atoms with Crippen molar-refractivity contribution in [3.05, 3.63) is 42.5 Å². The molecule has 2 saturated heterocycles. The molecule has 2 atom stereocenters. The Morgan fingerprint density at radius 1 is 1.26 bits per heavy atom. The van der Waals surface area contributed by atoms with E-state index in [0.29, 0.717) is 11.7 Å². The van der Waals surface area contributed by atoms with E-state index in [9.17, 15) is 9.59 Å². The molecule has 2 aliphatic rings. The number of carbonyl (C=O) groups is 2. The van der Waals surface area contributed by atoms with Crippen LogP contribution in [0.5, 0.6) is 0 Å². The molecule has 7 heteroatoms. The number of amides is 2. The van der Waals surface area contributed by atoms with Gasteiger partial charge in [0.1, 0.15) is 5.25 Å². The van der Waals surface area contributed by atoms with Crippen LogP contribution in [0, 0.1) is 0 Å². The predicted molar refractivity (Wildman–Crippen MR) is 108 cm³/mol. The zero-order valence-corrected chi connectivity index (χ0v) is 15.6. The highest BCUT2D eigenvalue weighted by molar-refractivity contribution is 8.15. The van der Waals surface area contributed by atoms with Crippen LogP contribution in [0.15, 0.2) is 47.5 Å².